The van der Waals surface area contributed by atoms with Crippen LogP contribution >= 0.6 is 0 Å². The largest absolute Gasteiger partial charge is 0.382 e. The van der Waals surface area contributed by atoms with Crippen molar-refractivity contribution in [1.29, 1.82) is 0 Å². The summed E-state index contributed by atoms with van der Waals surface area (Å²) in [5.74, 6) is 0.114. The number of hydrogen-bond acceptors (Lipinski definition) is 4. The van der Waals surface area contributed by atoms with Gasteiger partial charge in [-0.3, -0.25) is 4.79 Å². The molecule has 0 radical (unpaired) electrons. The summed E-state index contributed by atoms with van der Waals surface area (Å²) in [5, 5.41) is 6.00. The van der Waals surface area contributed by atoms with E-state index in [0.29, 0.717) is 26.2 Å². The highest BCUT2D eigenvalue weighted by Crippen LogP contribution is 1.89. The maximum absolute atomic E-state index is 11.1. The maximum atomic E-state index is 11.1. The minimum absolute atomic E-state index is 0.114. The van der Waals surface area contributed by atoms with Crippen LogP contribution in [-0.4, -0.2) is 52.5 Å². The highest BCUT2D eigenvalue weighted by molar-refractivity contribution is 5.75. The molecule has 0 aliphatic rings. The minimum atomic E-state index is 0.114. The molecule has 102 valence electrons. The summed E-state index contributed by atoms with van der Waals surface area (Å²) in [7, 11) is 1.67. The van der Waals surface area contributed by atoms with E-state index in [9.17, 15) is 4.79 Å². The molecule has 0 saturated heterocycles. The Morgan fingerprint density at radius 1 is 1.12 bits per heavy atom. The zero-order valence-electron chi connectivity index (χ0n) is 11.1. The van der Waals surface area contributed by atoms with Crippen LogP contribution in [0.15, 0.2) is 0 Å². The Morgan fingerprint density at radius 2 is 1.94 bits per heavy atom. The average molecular weight is 246 g/mol. The standard InChI is InChI=1S/C12H26N2O3/c1-3-14-12(15)6-8-13-7-4-5-9-17-11-10-16-2/h13H,3-11H2,1-2H3,(H,14,15). The Kier molecular flexibility index (Phi) is 12.9. The third-order valence-electron chi connectivity index (χ3n) is 2.23. The van der Waals surface area contributed by atoms with Crippen molar-refractivity contribution in [2.45, 2.75) is 26.2 Å². The summed E-state index contributed by atoms with van der Waals surface area (Å²) >= 11 is 0. The molecule has 0 saturated carbocycles. The molecule has 0 rings (SSSR count). The SMILES string of the molecule is CCNC(=O)CCNCCCCOCCOC. The number of nitrogens with one attached hydrogen (secondary N) is 2. The summed E-state index contributed by atoms with van der Waals surface area (Å²) < 4.78 is 10.2. The van der Waals surface area contributed by atoms with Crippen LogP contribution in [0.4, 0.5) is 0 Å². The van der Waals surface area contributed by atoms with Crippen LogP contribution in [0.5, 0.6) is 0 Å². The number of carbonyl (C=O) groups excluding carboxylic acids is 1. The van der Waals surface area contributed by atoms with Crippen LogP contribution < -0.4 is 10.6 Å². The second-order valence-electron chi connectivity index (χ2n) is 3.77. The van der Waals surface area contributed by atoms with Gasteiger partial charge in [0.05, 0.1) is 13.2 Å². The van der Waals surface area contributed by atoms with Gasteiger partial charge in [0.15, 0.2) is 0 Å². The van der Waals surface area contributed by atoms with Crippen molar-refractivity contribution >= 4 is 5.91 Å². The molecule has 0 bridgehead atoms. The van der Waals surface area contributed by atoms with Gasteiger partial charge in [0.25, 0.3) is 0 Å². The number of ether oxygens (including phenoxy) is 2. The first-order valence-electron chi connectivity index (χ1n) is 6.35. The Hall–Kier alpha value is -0.650. The van der Waals surface area contributed by atoms with Crippen LogP contribution in [0, 0.1) is 0 Å². The lowest BCUT2D eigenvalue weighted by atomic mass is 10.3. The number of hydrogen-bond donors (Lipinski definition) is 2. The molecule has 5 nitrogen and oxygen atoms in total. The molecule has 0 spiro atoms. The molecule has 0 aromatic carbocycles. The first kappa shape index (κ1) is 16.4. The number of carbonyl (C=O) groups is 1. The average Bonchev–Trinajstić information content (AvgIpc) is 2.32. The third-order valence-corrected chi connectivity index (χ3v) is 2.23. The quantitative estimate of drug-likeness (QED) is 0.494. The number of methoxy groups -OCH3 is 1. The summed E-state index contributed by atoms with van der Waals surface area (Å²) in [6.45, 7) is 6.42. The fraction of sp³-hybridized carbons (Fsp3) is 0.917. The maximum Gasteiger partial charge on any atom is 0.221 e. The number of amides is 1. The molecule has 0 aromatic heterocycles. The van der Waals surface area contributed by atoms with Gasteiger partial charge in [0, 0.05) is 33.2 Å². The van der Waals surface area contributed by atoms with Crippen molar-refractivity contribution in [2.75, 3.05) is 46.6 Å². The third kappa shape index (κ3) is 13.3. The van der Waals surface area contributed by atoms with Gasteiger partial charge in [0.1, 0.15) is 0 Å². The van der Waals surface area contributed by atoms with Gasteiger partial charge < -0.3 is 20.1 Å². The molecule has 17 heavy (non-hydrogen) atoms. The van der Waals surface area contributed by atoms with E-state index in [2.05, 4.69) is 10.6 Å². The van der Waals surface area contributed by atoms with Gasteiger partial charge in [0.2, 0.25) is 5.91 Å². The second-order valence-corrected chi connectivity index (χ2v) is 3.77. The van der Waals surface area contributed by atoms with E-state index in [1.54, 1.807) is 7.11 Å². The fourth-order valence-electron chi connectivity index (χ4n) is 1.31. The van der Waals surface area contributed by atoms with Crippen LogP contribution in [0.1, 0.15) is 26.2 Å². The zero-order chi connectivity index (χ0) is 12.8. The van der Waals surface area contributed by atoms with Crippen LogP contribution in [-0.2, 0) is 14.3 Å². The van der Waals surface area contributed by atoms with E-state index in [1.165, 1.54) is 0 Å². The lowest BCUT2D eigenvalue weighted by Gasteiger charge is -2.05. The second kappa shape index (κ2) is 13.4. The van der Waals surface area contributed by atoms with Crippen LogP contribution in [0.3, 0.4) is 0 Å². The summed E-state index contributed by atoms with van der Waals surface area (Å²) in [5.41, 5.74) is 0. The van der Waals surface area contributed by atoms with E-state index in [4.69, 9.17) is 9.47 Å². The molecule has 0 heterocycles. The van der Waals surface area contributed by atoms with E-state index in [1.807, 2.05) is 6.92 Å². The van der Waals surface area contributed by atoms with Crippen molar-refractivity contribution in [3.8, 4) is 0 Å². The molecule has 0 aliphatic heterocycles. The molecule has 0 fully saturated rings. The van der Waals surface area contributed by atoms with Crippen LogP contribution in [0.25, 0.3) is 0 Å². The smallest absolute Gasteiger partial charge is 0.221 e. The molecule has 2 N–H and O–H groups in total. The van der Waals surface area contributed by atoms with Crippen LogP contribution in [0.2, 0.25) is 0 Å². The van der Waals surface area contributed by atoms with Gasteiger partial charge in [-0.25, -0.2) is 0 Å². The normalized spacial score (nSPS) is 10.5. The monoisotopic (exact) mass is 246 g/mol. The molecule has 0 aliphatic carbocycles. The molecule has 5 heteroatoms. The van der Waals surface area contributed by atoms with Gasteiger partial charge in [-0.05, 0) is 26.3 Å². The molecular formula is C12H26N2O3. The molecule has 0 aromatic rings. The highest BCUT2D eigenvalue weighted by Gasteiger charge is 1.97. The van der Waals surface area contributed by atoms with Gasteiger partial charge in [-0.2, -0.15) is 0 Å². The highest BCUT2D eigenvalue weighted by atomic mass is 16.5. The zero-order valence-corrected chi connectivity index (χ0v) is 11.1. The Morgan fingerprint density at radius 3 is 2.65 bits per heavy atom. The Balaban J connectivity index is 3.01. The predicted octanol–water partition coefficient (Wildman–Crippen LogP) is 0.545. The van der Waals surface area contributed by atoms with Gasteiger partial charge >= 0.3 is 0 Å². The van der Waals surface area contributed by atoms with E-state index >= 15 is 0 Å². The summed E-state index contributed by atoms with van der Waals surface area (Å²) in [4.78, 5) is 11.1. The Bertz CT molecular complexity index is 177. The molecular weight excluding hydrogens is 220 g/mol. The van der Waals surface area contributed by atoms with Crippen molar-refractivity contribution in [1.82, 2.24) is 10.6 Å². The first-order chi connectivity index (χ1) is 8.31. The van der Waals surface area contributed by atoms with E-state index in [0.717, 1.165) is 32.5 Å². The molecule has 1 amide bonds. The number of rotatable bonds is 12. The molecule has 0 atom stereocenters. The van der Waals surface area contributed by atoms with Gasteiger partial charge in [-0.1, -0.05) is 0 Å². The predicted molar refractivity (Wildman–Crippen MR) is 68.1 cm³/mol. The van der Waals surface area contributed by atoms with Crippen molar-refractivity contribution in [2.24, 2.45) is 0 Å². The Labute approximate surface area is 104 Å². The number of unbranched alkanes of at least 4 members (excludes halogenated alkanes) is 1. The van der Waals surface area contributed by atoms with Crippen molar-refractivity contribution in [3.63, 3.8) is 0 Å². The van der Waals surface area contributed by atoms with E-state index < -0.39 is 0 Å². The molecule has 0 unspecified atom stereocenters. The van der Waals surface area contributed by atoms with Crippen molar-refractivity contribution in [3.05, 3.63) is 0 Å². The van der Waals surface area contributed by atoms with E-state index in [-0.39, 0.29) is 5.91 Å². The minimum Gasteiger partial charge on any atom is -0.382 e. The fourth-order valence-corrected chi connectivity index (χ4v) is 1.31. The van der Waals surface area contributed by atoms with Crippen molar-refractivity contribution < 1.29 is 14.3 Å². The first-order valence-corrected chi connectivity index (χ1v) is 6.35. The summed E-state index contributed by atoms with van der Waals surface area (Å²) in [6, 6.07) is 0. The summed E-state index contributed by atoms with van der Waals surface area (Å²) in [6.07, 6.45) is 2.67. The lowest BCUT2D eigenvalue weighted by Crippen LogP contribution is -2.27. The van der Waals surface area contributed by atoms with Gasteiger partial charge in [-0.15, -0.1) is 0 Å². The lowest BCUT2D eigenvalue weighted by molar-refractivity contribution is -0.120. The topological polar surface area (TPSA) is 59.6 Å².